The SMILES string of the molecule is O=C(COC(=O)/C=C/c1ccco1)Nc1ccc2c(c1)CCC2. The highest BCUT2D eigenvalue weighted by Gasteiger charge is 2.12. The number of carbonyl (C=O) groups excluding carboxylic acids is 2. The van der Waals surface area contributed by atoms with Crippen molar-refractivity contribution in [1.82, 2.24) is 0 Å². The summed E-state index contributed by atoms with van der Waals surface area (Å²) in [4.78, 5) is 23.3. The van der Waals surface area contributed by atoms with E-state index in [9.17, 15) is 9.59 Å². The van der Waals surface area contributed by atoms with E-state index in [0.717, 1.165) is 24.9 Å². The minimum Gasteiger partial charge on any atom is -0.465 e. The first kappa shape index (κ1) is 15.1. The van der Waals surface area contributed by atoms with Crippen LogP contribution in [-0.2, 0) is 27.2 Å². The van der Waals surface area contributed by atoms with Crippen molar-refractivity contribution < 1.29 is 18.7 Å². The normalized spacial score (nSPS) is 13.0. The molecule has 0 aliphatic heterocycles. The Kier molecular flexibility index (Phi) is 4.57. The molecule has 0 fully saturated rings. The van der Waals surface area contributed by atoms with E-state index in [-0.39, 0.29) is 12.5 Å². The van der Waals surface area contributed by atoms with Gasteiger partial charge in [-0.15, -0.1) is 0 Å². The molecule has 1 aliphatic carbocycles. The molecule has 3 rings (SSSR count). The fourth-order valence-corrected chi connectivity index (χ4v) is 2.57. The molecule has 0 spiro atoms. The number of esters is 1. The van der Waals surface area contributed by atoms with Gasteiger partial charge in [-0.3, -0.25) is 4.79 Å². The molecular weight excluding hydrogens is 294 g/mol. The van der Waals surface area contributed by atoms with Gasteiger partial charge in [0.2, 0.25) is 0 Å². The topological polar surface area (TPSA) is 68.5 Å². The number of fused-ring (bicyclic) bond motifs is 1. The van der Waals surface area contributed by atoms with E-state index >= 15 is 0 Å². The molecule has 0 radical (unpaired) electrons. The lowest BCUT2D eigenvalue weighted by Crippen LogP contribution is -2.20. The van der Waals surface area contributed by atoms with E-state index in [1.807, 2.05) is 18.2 Å². The highest BCUT2D eigenvalue weighted by Crippen LogP contribution is 2.24. The molecule has 1 aliphatic rings. The molecule has 1 aromatic heterocycles. The van der Waals surface area contributed by atoms with E-state index in [0.29, 0.717) is 5.76 Å². The molecule has 118 valence electrons. The smallest absolute Gasteiger partial charge is 0.331 e. The summed E-state index contributed by atoms with van der Waals surface area (Å²) in [5, 5.41) is 2.74. The lowest BCUT2D eigenvalue weighted by atomic mass is 10.1. The van der Waals surface area contributed by atoms with Gasteiger partial charge in [-0.05, 0) is 60.7 Å². The fraction of sp³-hybridized carbons (Fsp3) is 0.222. The summed E-state index contributed by atoms with van der Waals surface area (Å²) in [6.45, 7) is -0.321. The van der Waals surface area contributed by atoms with Crippen molar-refractivity contribution in [3.63, 3.8) is 0 Å². The molecule has 23 heavy (non-hydrogen) atoms. The number of aryl methyl sites for hydroxylation is 2. The Labute approximate surface area is 133 Å². The maximum absolute atomic E-state index is 11.8. The number of ether oxygens (including phenoxy) is 1. The molecule has 1 heterocycles. The lowest BCUT2D eigenvalue weighted by Gasteiger charge is -2.07. The summed E-state index contributed by atoms with van der Waals surface area (Å²) >= 11 is 0. The Morgan fingerprint density at radius 1 is 1.22 bits per heavy atom. The van der Waals surface area contributed by atoms with Crippen LogP contribution in [0.4, 0.5) is 5.69 Å². The summed E-state index contributed by atoms with van der Waals surface area (Å²) in [6.07, 6.45) is 7.53. The van der Waals surface area contributed by atoms with Gasteiger partial charge >= 0.3 is 5.97 Å². The van der Waals surface area contributed by atoms with Crippen LogP contribution in [0.25, 0.3) is 6.08 Å². The van der Waals surface area contributed by atoms with Crippen LogP contribution in [0.5, 0.6) is 0 Å². The van der Waals surface area contributed by atoms with Crippen LogP contribution in [0.2, 0.25) is 0 Å². The number of furan rings is 1. The minimum atomic E-state index is -0.592. The number of amides is 1. The number of anilines is 1. The van der Waals surface area contributed by atoms with Gasteiger partial charge < -0.3 is 14.5 Å². The average molecular weight is 311 g/mol. The molecular formula is C18H17NO4. The Bertz CT molecular complexity index is 731. The van der Waals surface area contributed by atoms with Crippen molar-refractivity contribution in [2.75, 3.05) is 11.9 Å². The van der Waals surface area contributed by atoms with Crippen molar-refractivity contribution in [1.29, 1.82) is 0 Å². The molecule has 2 aromatic rings. The molecule has 0 unspecified atom stereocenters. The van der Waals surface area contributed by atoms with Crippen LogP contribution in [0.15, 0.2) is 47.1 Å². The first-order chi connectivity index (χ1) is 11.2. The number of benzene rings is 1. The summed E-state index contributed by atoms with van der Waals surface area (Å²) in [5.74, 6) is -0.405. The van der Waals surface area contributed by atoms with Crippen LogP contribution in [-0.4, -0.2) is 18.5 Å². The van der Waals surface area contributed by atoms with Gasteiger partial charge in [0, 0.05) is 11.8 Å². The number of carbonyl (C=O) groups is 2. The van der Waals surface area contributed by atoms with Crippen molar-refractivity contribution in [3.05, 3.63) is 59.6 Å². The fourth-order valence-electron chi connectivity index (χ4n) is 2.57. The second-order valence-corrected chi connectivity index (χ2v) is 5.34. The van der Waals surface area contributed by atoms with Crippen molar-refractivity contribution >= 4 is 23.6 Å². The molecule has 0 bridgehead atoms. The second-order valence-electron chi connectivity index (χ2n) is 5.34. The molecule has 1 amide bonds. The van der Waals surface area contributed by atoms with Crippen LogP contribution in [0.1, 0.15) is 23.3 Å². The Morgan fingerprint density at radius 3 is 2.91 bits per heavy atom. The molecule has 5 nitrogen and oxygen atoms in total. The van der Waals surface area contributed by atoms with E-state index in [2.05, 4.69) is 5.32 Å². The van der Waals surface area contributed by atoms with Gasteiger partial charge in [0.05, 0.1) is 6.26 Å². The summed E-state index contributed by atoms with van der Waals surface area (Å²) in [5.41, 5.74) is 3.36. The van der Waals surface area contributed by atoms with E-state index in [1.165, 1.54) is 29.5 Å². The van der Waals surface area contributed by atoms with Crippen molar-refractivity contribution in [2.24, 2.45) is 0 Å². The maximum Gasteiger partial charge on any atom is 0.331 e. The summed E-state index contributed by atoms with van der Waals surface area (Å²) in [6, 6.07) is 9.33. The second kappa shape index (κ2) is 6.96. The first-order valence-electron chi connectivity index (χ1n) is 7.51. The molecule has 5 heteroatoms. The molecule has 0 saturated heterocycles. The van der Waals surface area contributed by atoms with Gasteiger partial charge in [-0.2, -0.15) is 0 Å². The minimum absolute atomic E-state index is 0.321. The first-order valence-corrected chi connectivity index (χ1v) is 7.51. The van der Waals surface area contributed by atoms with Crippen molar-refractivity contribution in [3.8, 4) is 0 Å². The third-order valence-corrected chi connectivity index (χ3v) is 3.65. The van der Waals surface area contributed by atoms with Gasteiger partial charge in [-0.1, -0.05) is 6.07 Å². The van der Waals surface area contributed by atoms with Crippen molar-refractivity contribution in [2.45, 2.75) is 19.3 Å². The largest absolute Gasteiger partial charge is 0.465 e. The molecule has 0 atom stereocenters. The predicted molar refractivity (Wildman–Crippen MR) is 85.8 cm³/mol. The zero-order valence-corrected chi connectivity index (χ0v) is 12.6. The molecule has 0 saturated carbocycles. The van der Waals surface area contributed by atoms with Crippen LogP contribution >= 0.6 is 0 Å². The van der Waals surface area contributed by atoms with Gasteiger partial charge in [0.15, 0.2) is 6.61 Å². The van der Waals surface area contributed by atoms with Gasteiger partial charge in [0.1, 0.15) is 5.76 Å². The quantitative estimate of drug-likeness (QED) is 0.681. The van der Waals surface area contributed by atoms with E-state index < -0.39 is 5.97 Å². The standard InChI is InChI=1S/C18H17NO4/c20-17(12-23-18(21)9-8-16-5-2-10-22-16)19-15-7-6-13-3-1-4-14(13)11-15/h2,5-11H,1,3-4,12H2,(H,19,20)/b9-8+. The average Bonchev–Trinajstić information content (AvgIpc) is 3.21. The molecule has 1 N–H and O–H groups in total. The Hall–Kier alpha value is -2.82. The zero-order chi connectivity index (χ0) is 16.1. The zero-order valence-electron chi connectivity index (χ0n) is 12.6. The highest BCUT2D eigenvalue weighted by molar-refractivity contribution is 5.94. The Morgan fingerprint density at radius 2 is 2.09 bits per heavy atom. The third kappa shape index (κ3) is 4.10. The van der Waals surface area contributed by atoms with E-state index in [1.54, 1.807) is 12.1 Å². The lowest BCUT2D eigenvalue weighted by molar-refractivity contribution is -0.142. The van der Waals surface area contributed by atoms with Gasteiger partial charge in [-0.25, -0.2) is 4.79 Å². The number of hydrogen-bond acceptors (Lipinski definition) is 4. The molecule has 1 aromatic carbocycles. The van der Waals surface area contributed by atoms with E-state index in [4.69, 9.17) is 9.15 Å². The maximum atomic E-state index is 11.8. The van der Waals surface area contributed by atoms with Crippen LogP contribution < -0.4 is 5.32 Å². The number of nitrogens with one attached hydrogen (secondary N) is 1. The summed E-state index contributed by atoms with van der Waals surface area (Å²) < 4.78 is 9.94. The van der Waals surface area contributed by atoms with Crippen LogP contribution in [0, 0.1) is 0 Å². The number of rotatable bonds is 5. The third-order valence-electron chi connectivity index (χ3n) is 3.65. The summed E-state index contributed by atoms with van der Waals surface area (Å²) in [7, 11) is 0. The monoisotopic (exact) mass is 311 g/mol. The van der Waals surface area contributed by atoms with Crippen LogP contribution in [0.3, 0.4) is 0 Å². The predicted octanol–water partition coefficient (Wildman–Crippen LogP) is 2.96. The highest BCUT2D eigenvalue weighted by atomic mass is 16.5. The number of hydrogen-bond donors (Lipinski definition) is 1. The van der Waals surface area contributed by atoms with Gasteiger partial charge in [0.25, 0.3) is 5.91 Å². The Balaban J connectivity index is 1.47.